The van der Waals surface area contributed by atoms with E-state index in [1.165, 1.54) is 0 Å². The Bertz CT molecular complexity index is 311. The molecule has 1 aliphatic rings. The second kappa shape index (κ2) is 4.91. The summed E-state index contributed by atoms with van der Waals surface area (Å²) in [6.07, 6.45) is -0.658. The number of amides is 1. The van der Waals surface area contributed by atoms with Crippen LogP contribution < -0.4 is 5.73 Å². The Hall–Kier alpha value is -1.30. The predicted molar refractivity (Wildman–Crippen MR) is 61.5 cm³/mol. The lowest BCUT2D eigenvalue weighted by Crippen LogP contribution is -2.42. The molecule has 2 atom stereocenters. The molecule has 1 heterocycles. The molecule has 6 nitrogen and oxygen atoms in total. The van der Waals surface area contributed by atoms with E-state index in [1.54, 1.807) is 20.8 Å². The maximum Gasteiger partial charge on any atom is 0.408 e. The summed E-state index contributed by atoms with van der Waals surface area (Å²) in [5, 5.41) is 9.02. The standard InChI is InChI=1S/C11H20N2O4/c1-11(2,3)17-9(14)8-4-7(5-12)6-13(8)10(15)16/h7-8H,4-6,12H2,1-3H3,(H,15,16)/t7-,8+/m1/s1. The quantitative estimate of drug-likeness (QED) is 0.696. The van der Waals surface area contributed by atoms with Crippen LogP contribution in [0.4, 0.5) is 4.79 Å². The summed E-state index contributed by atoms with van der Waals surface area (Å²) >= 11 is 0. The first-order valence-electron chi connectivity index (χ1n) is 5.67. The fourth-order valence-corrected chi connectivity index (χ4v) is 1.90. The van der Waals surface area contributed by atoms with Gasteiger partial charge in [0.05, 0.1) is 0 Å². The summed E-state index contributed by atoms with van der Waals surface area (Å²) in [5.74, 6) is -0.459. The Labute approximate surface area is 101 Å². The number of esters is 1. The smallest absolute Gasteiger partial charge is 0.408 e. The van der Waals surface area contributed by atoms with E-state index >= 15 is 0 Å². The van der Waals surface area contributed by atoms with Gasteiger partial charge < -0.3 is 15.6 Å². The van der Waals surface area contributed by atoms with Crippen molar-refractivity contribution in [2.45, 2.75) is 38.8 Å². The molecule has 17 heavy (non-hydrogen) atoms. The number of carboxylic acid groups (broad SMARTS) is 1. The van der Waals surface area contributed by atoms with Gasteiger partial charge in [-0.25, -0.2) is 9.59 Å². The monoisotopic (exact) mass is 244 g/mol. The van der Waals surface area contributed by atoms with Crippen LogP contribution in [-0.2, 0) is 9.53 Å². The first-order chi connectivity index (χ1) is 7.74. The normalized spacial score (nSPS) is 24.8. The summed E-state index contributed by atoms with van der Waals surface area (Å²) in [4.78, 5) is 24.0. The third-order valence-electron chi connectivity index (χ3n) is 2.65. The molecule has 1 rings (SSSR count). The summed E-state index contributed by atoms with van der Waals surface area (Å²) in [7, 11) is 0. The molecule has 98 valence electrons. The molecule has 1 saturated heterocycles. The fourth-order valence-electron chi connectivity index (χ4n) is 1.90. The van der Waals surface area contributed by atoms with Crippen molar-refractivity contribution in [3.8, 4) is 0 Å². The van der Waals surface area contributed by atoms with Crippen LogP contribution in [0.5, 0.6) is 0 Å². The molecule has 0 aliphatic carbocycles. The SMILES string of the molecule is CC(C)(C)OC(=O)[C@@H]1C[C@H](CN)CN1C(=O)O. The molecule has 0 saturated carbocycles. The highest BCUT2D eigenvalue weighted by molar-refractivity contribution is 5.81. The number of carbonyl (C=O) groups excluding carboxylic acids is 1. The van der Waals surface area contributed by atoms with Crippen molar-refractivity contribution in [3.63, 3.8) is 0 Å². The van der Waals surface area contributed by atoms with Crippen LogP contribution >= 0.6 is 0 Å². The number of rotatable bonds is 2. The summed E-state index contributed by atoms with van der Waals surface area (Å²) < 4.78 is 5.21. The van der Waals surface area contributed by atoms with Gasteiger partial charge in [-0.1, -0.05) is 0 Å². The molecule has 0 aromatic rings. The zero-order valence-electron chi connectivity index (χ0n) is 10.5. The number of hydrogen-bond donors (Lipinski definition) is 2. The van der Waals surface area contributed by atoms with Gasteiger partial charge >= 0.3 is 12.1 Å². The second-order valence-electron chi connectivity index (χ2n) is 5.32. The molecule has 0 aromatic heterocycles. The number of nitrogens with two attached hydrogens (primary N) is 1. The minimum atomic E-state index is -1.10. The molecule has 1 fully saturated rings. The predicted octanol–water partition coefficient (Wildman–Crippen LogP) is 0.655. The molecule has 1 amide bonds. The lowest BCUT2D eigenvalue weighted by molar-refractivity contribution is -0.159. The van der Waals surface area contributed by atoms with E-state index in [0.29, 0.717) is 19.5 Å². The van der Waals surface area contributed by atoms with Crippen molar-refractivity contribution in [3.05, 3.63) is 0 Å². The molecule has 3 N–H and O–H groups in total. The van der Waals surface area contributed by atoms with Crippen LogP contribution in [0.2, 0.25) is 0 Å². The van der Waals surface area contributed by atoms with Crippen molar-refractivity contribution in [2.75, 3.05) is 13.1 Å². The zero-order valence-corrected chi connectivity index (χ0v) is 10.5. The lowest BCUT2D eigenvalue weighted by Gasteiger charge is -2.25. The maximum atomic E-state index is 11.9. The summed E-state index contributed by atoms with van der Waals surface area (Å²) in [5.41, 5.74) is 4.91. The van der Waals surface area contributed by atoms with Crippen LogP contribution in [0, 0.1) is 5.92 Å². The van der Waals surface area contributed by atoms with Crippen LogP contribution in [0.25, 0.3) is 0 Å². The lowest BCUT2D eigenvalue weighted by atomic mass is 10.1. The van der Waals surface area contributed by atoms with E-state index in [-0.39, 0.29) is 5.92 Å². The van der Waals surface area contributed by atoms with Crippen LogP contribution in [-0.4, -0.2) is 46.8 Å². The minimum absolute atomic E-state index is 0.0311. The number of ether oxygens (including phenoxy) is 1. The third kappa shape index (κ3) is 3.59. The molecule has 6 heteroatoms. The molecular formula is C11H20N2O4. The third-order valence-corrected chi connectivity index (χ3v) is 2.65. The van der Waals surface area contributed by atoms with Gasteiger partial charge in [-0.15, -0.1) is 0 Å². The topological polar surface area (TPSA) is 92.9 Å². The minimum Gasteiger partial charge on any atom is -0.465 e. The van der Waals surface area contributed by atoms with Gasteiger partial charge in [0.2, 0.25) is 0 Å². The largest absolute Gasteiger partial charge is 0.465 e. The number of hydrogen-bond acceptors (Lipinski definition) is 4. The Kier molecular flexibility index (Phi) is 3.98. The first kappa shape index (κ1) is 13.8. The second-order valence-corrected chi connectivity index (χ2v) is 5.32. The molecule has 0 spiro atoms. The summed E-state index contributed by atoms with van der Waals surface area (Å²) in [6, 6.07) is -0.722. The fraction of sp³-hybridized carbons (Fsp3) is 0.818. The number of likely N-dealkylation sites (tertiary alicyclic amines) is 1. The van der Waals surface area contributed by atoms with Crippen molar-refractivity contribution < 1.29 is 19.4 Å². The Balaban J connectivity index is 2.73. The molecule has 0 radical (unpaired) electrons. The van der Waals surface area contributed by atoms with E-state index in [0.717, 1.165) is 4.90 Å². The molecule has 0 unspecified atom stereocenters. The first-order valence-corrected chi connectivity index (χ1v) is 5.67. The highest BCUT2D eigenvalue weighted by Gasteiger charge is 2.41. The highest BCUT2D eigenvalue weighted by atomic mass is 16.6. The van der Waals surface area contributed by atoms with Gasteiger partial charge in [0.1, 0.15) is 11.6 Å². The molecule has 1 aliphatic heterocycles. The van der Waals surface area contributed by atoms with Crippen LogP contribution in [0.1, 0.15) is 27.2 Å². The molecule has 0 bridgehead atoms. The zero-order chi connectivity index (χ0) is 13.2. The van der Waals surface area contributed by atoms with Gasteiger partial charge in [-0.3, -0.25) is 4.90 Å². The number of nitrogens with zero attached hydrogens (tertiary/aromatic N) is 1. The highest BCUT2D eigenvalue weighted by Crippen LogP contribution is 2.25. The molecule has 0 aromatic carbocycles. The van der Waals surface area contributed by atoms with E-state index in [1.807, 2.05) is 0 Å². The van der Waals surface area contributed by atoms with Gasteiger partial charge in [0, 0.05) is 6.54 Å². The Morgan fingerprint density at radius 2 is 2.06 bits per heavy atom. The van der Waals surface area contributed by atoms with Gasteiger partial charge in [0.25, 0.3) is 0 Å². The maximum absolute atomic E-state index is 11.9. The summed E-state index contributed by atoms with van der Waals surface area (Å²) in [6.45, 7) is 5.95. The average molecular weight is 244 g/mol. The van der Waals surface area contributed by atoms with E-state index in [2.05, 4.69) is 0 Å². The average Bonchev–Trinajstić information content (AvgIpc) is 2.58. The van der Waals surface area contributed by atoms with E-state index < -0.39 is 23.7 Å². The van der Waals surface area contributed by atoms with Crippen molar-refractivity contribution in [1.29, 1.82) is 0 Å². The van der Waals surface area contributed by atoms with Crippen molar-refractivity contribution in [1.82, 2.24) is 4.90 Å². The van der Waals surface area contributed by atoms with Gasteiger partial charge in [-0.2, -0.15) is 0 Å². The Morgan fingerprint density at radius 3 is 2.47 bits per heavy atom. The van der Waals surface area contributed by atoms with E-state index in [9.17, 15) is 9.59 Å². The van der Waals surface area contributed by atoms with Crippen molar-refractivity contribution in [2.24, 2.45) is 11.7 Å². The van der Waals surface area contributed by atoms with Crippen LogP contribution in [0.15, 0.2) is 0 Å². The Morgan fingerprint density at radius 1 is 1.47 bits per heavy atom. The van der Waals surface area contributed by atoms with E-state index in [4.69, 9.17) is 15.6 Å². The van der Waals surface area contributed by atoms with Gasteiger partial charge in [-0.05, 0) is 39.7 Å². The van der Waals surface area contributed by atoms with Gasteiger partial charge in [0.15, 0.2) is 0 Å². The van der Waals surface area contributed by atoms with Crippen molar-refractivity contribution >= 4 is 12.1 Å². The molecular weight excluding hydrogens is 224 g/mol. The number of carbonyl (C=O) groups is 2. The van der Waals surface area contributed by atoms with Crippen LogP contribution in [0.3, 0.4) is 0 Å².